The van der Waals surface area contributed by atoms with Crippen molar-refractivity contribution in [1.82, 2.24) is 9.88 Å². The van der Waals surface area contributed by atoms with Gasteiger partial charge in [-0.25, -0.2) is 22.0 Å². The minimum Gasteiger partial charge on any atom is -0.493 e. The minimum absolute atomic E-state index is 0.0131. The standard InChI is InChI=1S/C28H24F5N3O5/c1-36(2)7-8-40-12-5-6-16-13(9-12)18-25(34-16)14-10-17(38-3)28(39-4)26(19(14)27(18)37)35-41-11-15-20(29)22(31)24(33)23(32)21(15)30/h5-6,9-10,34-35H,7-8,11H2,1-4H3. The van der Waals surface area contributed by atoms with Crippen molar-refractivity contribution in [2.45, 2.75) is 6.61 Å². The van der Waals surface area contributed by atoms with Gasteiger partial charge < -0.3 is 24.1 Å². The molecule has 0 saturated heterocycles. The van der Waals surface area contributed by atoms with E-state index in [1.165, 1.54) is 14.2 Å². The van der Waals surface area contributed by atoms with Crippen LogP contribution in [0.5, 0.6) is 17.2 Å². The first-order valence-electron chi connectivity index (χ1n) is 12.2. The number of hydrogen-bond acceptors (Lipinski definition) is 7. The minimum atomic E-state index is -2.28. The van der Waals surface area contributed by atoms with Gasteiger partial charge in [0.25, 0.3) is 0 Å². The lowest BCUT2D eigenvalue weighted by atomic mass is 10.0. The molecule has 13 heteroatoms. The van der Waals surface area contributed by atoms with Crippen LogP contribution in [-0.4, -0.2) is 57.1 Å². The van der Waals surface area contributed by atoms with E-state index in [-0.39, 0.29) is 22.7 Å². The van der Waals surface area contributed by atoms with E-state index in [0.717, 1.165) is 0 Å². The number of hydrogen-bond donors (Lipinski definition) is 2. The number of aromatic nitrogens is 1. The number of ketones is 1. The Morgan fingerprint density at radius 1 is 0.902 bits per heavy atom. The zero-order chi connectivity index (χ0) is 29.6. The molecule has 4 aromatic rings. The molecule has 2 N–H and O–H groups in total. The number of ether oxygens (including phenoxy) is 3. The molecule has 1 aliphatic rings. The molecule has 0 fully saturated rings. The molecule has 0 amide bonds. The third-order valence-corrected chi connectivity index (χ3v) is 6.66. The third kappa shape index (κ3) is 4.70. The van der Waals surface area contributed by atoms with E-state index in [4.69, 9.17) is 19.0 Å². The van der Waals surface area contributed by atoms with Gasteiger partial charge >= 0.3 is 0 Å². The number of methoxy groups -OCH3 is 2. The second-order valence-corrected chi connectivity index (χ2v) is 9.41. The van der Waals surface area contributed by atoms with Crippen molar-refractivity contribution in [2.24, 2.45) is 0 Å². The summed E-state index contributed by atoms with van der Waals surface area (Å²) >= 11 is 0. The van der Waals surface area contributed by atoms with Gasteiger partial charge in [-0.1, -0.05) is 0 Å². The van der Waals surface area contributed by atoms with E-state index in [9.17, 15) is 26.7 Å². The van der Waals surface area contributed by atoms with Crippen molar-refractivity contribution in [3.05, 3.63) is 70.0 Å². The largest absolute Gasteiger partial charge is 0.493 e. The second kappa shape index (κ2) is 10.9. The predicted molar refractivity (Wildman–Crippen MR) is 139 cm³/mol. The smallest absolute Gasteiger partial charge is 0.200 e. The van der Waals surface area contributed by atoms with Crippen molar-refractivity contribution in [3.63, 3.8) is 0 Å². The third-order valence-electron chi connectivity index (χ3n) is 6.66. The molecule has 1 heterocycles. The molecule has 3 aromatic carbocycles. The van der Waals surface area contributed by atoms with Gasteiger partial charge in [-0.05, 0) is 38.4 Å². The van der Waals surface area contributed by atoms with Crippen LogP contribution >= 0.6 is 0 Å². The Hall–Kier alpha value is -4.36. The van der Waals surface area contributed by atoms with Gasteiger partial charge in [0.05, 0.1) is 36.6 Å². The van der Waals surface area contributed by atoms with Crippen molar-refractivity contribution < 1.29 is 45.8 Å². The number of fused-ring (bicyclic) bond motifs is 5. The van der Waals surface area contributed by atoms with E-state index in [1.54, 1.807) is 24.3 Å². The number of likely N-dealkylation sites (N-methyl/N-ethyl adjacent to an activating group) is 1. The SMILES string of the molecule is COc1cc2c(c(NOCc3c(F)c(F)c(F)c(F)c3F)c1OC)C(=O)c1c-2[nH]c2ccc(OCCN(C)C)cc12. The molecule has 0 atom stereocenters. The second-order valence-electron chi connectivity index (χ2n) is 9.41. The Kier molecular flexibility index (Phi) is 7.49. The van der Waals surface area contributed by atoms with E-state index in [1.807, 2.05) is 19.0 Å². The number of carbonyl (C=O) groups is 1. The number of nitrogens with one attached hydrogen (secondary N) is 2. The number of rotatable bonds is 10. The molecule has 0 saturated carbocycles. The van der Waals surface area contributed by atoms with Gasteiger partial charge in [-0.3, -0.25) is 15.1 Å². The van der Waals surface area contributed by atoms with Crippen LogP contribution in [-0.2, 0) is 11.4 Å². The first-order chi connectivity index (χ1) is 19.6. The topological polar surface area (TPSA) is 85.0 Å². The summed E-state index contributed by atoms with van der Waals surface area (Å²) in [6.07, 6.45) is 0. The number of carbonyl (C=O) groups excluding carboxylic acids is 1. The maximum absolute atomic E-state index is 14.2. The molecule has 1 aliphatic carbocycles. The van der Waals surface area contributed by atoms with Gasteiger partial charge in [0, 0.05) is 23.0 Å². The number of benzene rings is 3. The van der Waals surface area contributed by atoms with Gasteiger partial charge in [-0.15, -0.1) is 0 Å². The quantitative estimate of drug-likeness (QED) is 0.0971. The molecule has 0 spiro atoms. The van der Waals surface area contributed by atoms with E-state index < -0.39 is 47.0 Å². The highest BCUT2D eigenvalue weighted by molar-refractivity contribution is 6.30. The fraction of sp³-hybridized carbons (Fsp3) is 0.250. The summed E-state index contributed by atoms with van der Waals surface area (Å²) in [5.41, 5.74) is 3.15. The molecule has 216 valence electrons. The zero-order valence-corrected chi connectivity index (χ0v) is 22.3. The molecule has 0 bridgehead atoms. The van der Waals surface area contributed by atoms with Gasteiger partial charge in [0.1, 0.15) is 24.7 Å². The van der Waals surface area contributed by atoms with Gasteiger partial charge in [-0.2, -0.15) is 0 Å². The molecule has 0 radical (unpaired) electrons. The lowest BCUT2D eigenvalue weighted by Gasteiger charge is -2.18. The normalized spacial score (nSPS) is 12.2. The molecule has 0 unspecified atom stereocenters. The van der Waals surface area contributed by atoms with Crippen LogP contribution in [0.25, 0.3) is 22.2 Å². The molecular weight excluding hydrogens is 553 g/mol. The number of nitrogens with zero attached hydrogens (tertiary/aromatic N) is 1. The summed E-state index contributed by atoms with van der Waals surface area (Å²) in [4.78, 5) is 24.2. The Morgan fingerprint density at radius 2 is 1.59 bits per heavy atom. The average Bonchev–Trinajstić information content (AvgIpc) is 3.46. The maximum Gasteiger partial charge on any atom is 0.200 e. The summed E-state index contributed by atoms with van der Waals surface area (Å²) in [5, 5.41) is 0.592. The first-order valence-corrected chi connectivity index (χ1v) is 12.2. The highest BCUT2D eigenvalue weighted by Gasteiger charge is 2.37. The maximum atomic E-state index is 14.2. The van der Waals surface area contributed by atoms with E-state index in [0.29, 0.717) is 46.6 Å². The monoisotopic (exact) mass is 577 g/mol. The van der Waals surface area contributed by atoms with Crippen LogP contribution in [0.4, 0.5) is 27.6 Å². The Bertz CT molecular complexity index is 1660. The Labute approximate surface area is 230 Å². The number of halogens is 5. The lowest BCUT2D eigenvalue weighted by molar-refractivity contribution is 0.104. The van der Waals surface area contributed by atoms with Crippen molar-refractivity contribution >= 4 is 22.4 Å². The summed E-state index contributed by atoms with van der Waals surface area (Å²) in [6, 6.07) is 6.89. The highest BCUT2D eigenvalue weighted by atomic mass is 19.2. The van der Waals surface area contributed by atoms with Crippen LogP contribution < -0.4 is 19.7 Å². The van der Waals surface area contributed by atoms with Crippen LogP contribution in [0.15, 0.2) is 24.3 Å². The molecule has 1 aromatic heterocycles. The Balaban J connectivity index is 1.52. The Morgan fingerprint density at radius 3 is 2.22 bits per heavy atom. The van der Waals surface area contributed by atoms with Crippen LogP contribution in [0, 0.1) is 29.1 Å². The number of aromatic amines is 1. The molecule has 5 rings (SSSR count). The molecule has 41 heavy (non-hydrogen) atoms. The van der Waals surface area contributed by atoms with Crippen LogP contribution in [0.3, 0.4) is 0 Å². The fourth-order valence-electron chi connectivity index (χ4n) is 4.65. The van der Waals surface area contributed by atoms with Crippen LogP contribution in [0.2, 0.25) is 0 Å². The number of anilines is 1. The van der Waals surface area contributed by atoms with E-state index in [2.05, 4.69) is 10.5 Å². The van der Waals surface area contributed by atoms with Gasteiger partial charge in [0.2, 0.25) is 5.82 Å². The van der Waals surface area contributed by atoms with Crippen molar-refractivity contribution in [1.29, 1.82) is 0 Å². The molecular formula is C28H24F5N3O5. The highest BCUT2D eigenvalue weighted by Crippen LogP contribution is 2.50. The zero-order valence-electron chi connectivity index (χ0n) is 22.3. The average molecular weight is 578 g/mol. The summed E-state index contributed by atoms with van der Waals surface area (Å²) < 4.78 is 85.7. The predicted octanol–water partition coefficient (Wildman–Crippen LogP) is 5.58. The number of H-pyrrole nitrogens is 1. The summed E-state index contributed by atoms with van der Waals surface area (Å²) in [7, 11) is 6.50. The first kappa shape index (κ1) is 28.2. The van der Waals surface area contributed by atoms with Crippen molar-refractivity contribution in [3.8, 4) is 28.5 Å². The van der Waals surface area contributed by atoms with Gasteiger partial charge in [0.15, 0.2) is 40.6 Å². The summed E-state index contributed by atoms with van der Waals surface area (Å²) in [5.74, 6) is -10.2. The lowest BCUT2D eigenvalue weighted by Crippen LogP contribution is -2.19. The summed E-state index contributed by atoms with van der Waals surface area (Å²) in [6.45, 7) is 0.0480. The fourth-order valence-corrected chi connectivity index (χ4v) is 4.65. The van der Waals surface area contributed by atoms with Crippen LogP contribution in [0.1, 0.15) is 21.5 Å². The van der Waals surface area contributed by atoms with Crippen molar-refractivity contribution in [2.75, 3.05) is 46.9 Å². The molecule has 0 aliphatic heterocycles. The van der Waals surface area contributed by atoms with E-state index >= 15 is 0 Å². The molecule has 8 nitrogen and oxygen atoms in total.